The predicted molar refractivity (Wildman–Crippen MR) is 183 cm³/mol. The lowest BCUT2D eigenvalue weighted by molar-refractivity contribution is -0.145. The summed E-state index contributed by atoms with van der Waals surface area (Å²) in [5, 5.41) is 11.2. The van der Waals surface area contributed by atoms with Crippen LogP contribution in [-0.4, -0.2) is 91.1 Å². The van der Waals surface area contributed by atoms with Gasteiger partial charge in [-0.2, -0.15) is 0 Å². The third-order valence-corrected chi connectivity index (χ3v) is 11.4. The summed E-state index contributed by atoms with van der Waals surface area (Å²) in [6.45, 7) is 17.4. The largest absolute Gasteiger partial charge is 0.349 e. The first-order valence-electron chi connectivity index (χ1n) is 17.4. The normalized spacial score (nSPS) is 21.3. The topological polar surface area (TPSA) is 171 Å². The molecule has 0 aromatic heterocycles. The first-order chi connectivity index (χ1) is 21.7. The summed E-state index contributed by atoms with van der Waals surface area (Å²) in [5.41, 5.74) is -2.05. The molecule has 0 aromatic rings. The standard InChI is InChI=1S/C34H61N5O7S/c1-10-16-24(26(40)29(42)35-20-11-2)36-28(41)25-23(32(4,5)6)17-21-39(25)30(43)27(33(7,8)9)37-31(44)38-34(18-14-13-15-19-34)22-47(45,46)12-3/h23-25,27H,10-22H2,1-9H3,(H,35,42)(H,36,41)(H2,37,38,44)/t23?,24?,25?,27-/m1/s1. The second-order valence-corrected chi connectivity index (χ2v) is 18.0. The Morgan fingerprint density at radius 2 is 1.51 bits per heavy atom. The highest BCUT2D eigenvalue weighted by Crippen LogP contribution is 2.40. The van der Waals surface area contributed by atoms with E-state index in [0.717, 1.165) is 19.3 Å². The van der Waals surface area contributed by atoms with Crippen molar-refractivity contribution in [3.05, 3.63) is 0 Å². The maximum absolute atomic E-state index is 14.4. The molecule has 13 heteroatoms. The van der Waals surface area contributed by atoms with Gasteiger partial charge in [-0.25, -0.2) is 13.2 Å². The number of amides is 5. The Hall–Kier alpha value is -2.70. The van der Waals surface area contributed by atoms with Crippen LogP contribution in [0.15, 0.2) is 0 Å². The smallest absolute Gasteiger partial charge is 0.315 e. The van der Waals surface area contributed by atoms with Crippen molar-refractivity contribution in [2.45, 2.75) is 144 Å². The molecule has 2 fully saturated rings. The molecule has 5 amide bonds. The van der Waals surface area contributed by atoms with Crippen molar-refractivity contribution < 1.29 is 32.4 Å². The van der Waals surface area contributed by atoms with E-state index in [9.17, 15) is 32.4 Å². The van der Waals surface area contributed by atoms with E-state index in [0.29, 0.717) is 38.6 Å². The van der Waals surface area contributed by atoms with Gasteiger partial charge in [0.1, 0.15) is 12.1 Å². The van der Waals surface area contributed by atoms with Crippen LogP contribution >= 0.6 is 0 Å². The van der Waals surface area contributed by atoms with E-state index < -0.39 is 68.5 Å². The minimum absolute atomic E-state index is 0.0252. The fourth-order valence-electron chi connectivity index (χ4n) is 6.85. The number of urea groups is 1. The molecule has 47 heavy (non-hydrogen) atoms. The average molecular weight is 684 g/mol. The maximum atomic E-state index is 14.4. The Kier molecular flexibility index (Phi) is 14.3. The van der Waals surface area contributed by atoms with Crippen LogP contribution in [0.1, 0.15) is 120 Å². The number of hydrogen-bond acceptors (Lipinski definition) is 7. The van der Waals surface area contributed by atoms with Crippen molar-refractivity contribution in [1.82, 2.24) is 26.2 Å². The molecule has 0 aromatic carbocycles. The van der Waals surface area contributed by atoms with Gasteiger partial charge < -0.3 is 26.2 Å². The van der Waals surface area contributed by atoms with Gasteiger partial charge in [-0.15, -0.1) is 0 Å². The summed E-state index contributed by atoms with van der Waals surface area (Å²) in [5.74, 6) is -2.84. The number of carbonyl (C=O) groups is 5. The lowest BCUT2D eigenvalue weighted by Gasteiger charge is -2.40. The fourth-order valence-corrected chi connectivity index (χ4v) is 8.26. The fraction of sp³-hybridized carbons (Fsp3) is 0.853. The van der Waals surface area contributed by atoms with Crippen LogP contribution in [0.4, 0.5) is 4.79 Å². The van der Waals surface area contributed by atoms with Gasteiger partial charge in [0.25, 0.3) is 5.91 Å². The quantitative estimate of drug-likeness (QED) is 0.203. The van der Waals surface area contributed by atoms with Crippen LogP contribution in [0.2, 0.25) is 0 Å². The monoisotopic (exact) mass is 683 g/mol. The van der Waals surface area contributed by atoms with Crippen molar-refractivity contribution in [2.75, 3.05) is 24.6 Å². The highest BCUT2D eigenvalue weighted by Gasteiger charge is 2.50. The molecule has 0 spiro atoms. The SMILES string of the molecule is CCCNC(=O)C(=O)C(CCC)NC(=O)C1C(C(C)(C)C)CCN1C(=O)[C@@H](NC(=O)NC1(CS(=O)(=O)CC)CCCCC1)C(C)(C)C. The molecule has 4 N–H and O–H groups in total. The molecule has 1 saturated heterocycles. The van der Waals surface area contributed by atoms with Crippen molar-refractivity contribution in [2.24, 2.45) is 16.7 Å². The van der Waals surface area contributed by atoms with E-state index in [-0.39, 0.29) is 35.8 Å². The van der Waals surface area contributed by atoms with Gasteiger partial charge in [-0.1, -0.05) is 88.0 Å². The highest BCUT2D eigenvalue weighted by molar-refractivity contribution is 7.91. The van der Waals surface area contributed by atoms with Crippen LogP contribution in [0, 0.1) is 16.7 Å². The number of nitrogens with one attached hydrogen (secondary N) is 4. The molecule has 2 rings (SSSR count). The Bertz CT molecular complexity index is 1230. The minimum atomic E-state index is -3.39. The molecule has 3 unspecified atom stereocenters. The van der Waals surface area contributed by atoms with Crippen molar-refractivity contribution in [3.63, 3.8) is 0 Å². The Morgan fingerprint density at radius 1 is 0.894 bits per heavy atom. The van der Waals surface area contributed by atoms with Gasteiger partial charge in [0, 0.05) is 18.8 Å². The zero-order valence-corrected chi connectivity index (χ0v) is 31.0. The van der Waals surface area contributed by atoms with Crippen LogP contribution in [0.25, 0.3) is 0 Å². The zero-order chi connectivity index (χ0) is 35.8. The molecular formula is C34H61N5O7S. The molecule has 0 bridgehead atoms. The lowest BCUT2D eigenvalue weighted by atomic mass is 9.75. The van der Waals surface area contributed by atoms with E-state index in [2.05, 4.69) is 21.3 Å². The Labute approximate surface area is 282 Å². The van der Waals surface area contributed by atoms with Crippen molar-refractivity contribution in [3.8, 4) is 0 Å². The van der Waals surface area contributed by atoms with Crippen LogP contribution in [-0.2, 0) is 29.0 Å². The molecule has 1 aliphatic carbocycles. The van der Waals surface area contributed by atoms with Crippen molar-refractivity contribution >= 4 is 39.4 Å². The first-order valence-corrected chi connectivity index (χ1v) is 19.3. The van der Waals surface area contributed by atoms with Crippen LogP contribution in [0.3, 0.4) is 0 Å². The summed E-state index contributed by atoms with van der Waals surface area (Å²) in [7, 11) is -3.39. The molecular weight excluding hydrogens is 622 g/mol. The number of sulfone groups is 1. The number of Topliss-reactive ketones (excluding diaryl/α,β-unsaturated/α-hetero) is 1. The van der Waals surface area contributed by atoms with E-state index in [1.165, 1.54) is 4.90 Å². The molecule has 1 saturated carbocycles. The van der Waals surface area contributed by atoms with Gasteiger partial charge in [0.15, 0.2) is 9.84 Å². The number of likely N-dealkylation sites (tertiary alicyclic amines) is 1. The second-order valence-electron chi connectivity index (χ2n) is 15.6. The van der Waals surface area contributed by atoms with E-state index in [4.69, 9.17) is 0 Å². The van der Waals surface area contributed by atoms with Crippen LogP contribution in [0.5, 0.6) is 0 Å². The molecule has 12 nitrogen and oxygen atoms in total. The Balaban J connectivity index is 2.39. The maximum Gasteiger partial charge on any atom is 0.315 e. The van der Waals surface area contributed by atoms with Crippen LogP contribution < -0.4 is 21.3 Å². The highest BCUT2D eigenvalue weighted by atomic mass is 32.2. The van der Waals surface area contributed by atoms with Gasteiger partial charge in [-0.05, 0) is 48.9 Å². The lowest BCUT2D eigenvalue weighted by Crippen LogP contribution is -2.63. The second kappa shape index (κ2) is 16.6. The summed E-state index contributed by atoms with van der Waals surface area (Å²) < 4.78 is 25.3. The van der Waals surface area contributed by atoms with Gasteiger partial charge in [0.2, 0.25) is 17.6 Å². The number of rotatable bonds is 14. The first kappa shape index (κ1) is 40.5. The van der Waals surface area contributed by atoms with Gasteiger partial charge >= 0.3 is 6.03 Å². The zero-order valence-electron chi connectivity index (χ0n) is 30.2. The third-order valence-electron chi connectivity index (χ3n) is 9.55. The summed E-state index contributed by atoms with van der Waals surface area (Å²) >= 11 is 0. The van der Waals surface area contributed by atoms with Crippen molar-refractivity contribution in [1.29, 1.82) is 0 Å². The molecule has 0 radical (unpaired) electrons. The summed E-state index contributed by atoms with van der Waals surface area (Å²) in [6, 6.07) is -3.61. The number of hydrogen-bond donors (Lipinski definition) is 4. The van der Waals surface area contributed by atoms with E-state index in [1.54, 1.807) is 6.92 Å². The number of nitrogens with zero attached hydrogens (tertiary/aromatic N) is 1. The number of carbonyl (C=O) groups excluding carboxylic acids is 5. The van der Waals surface area contributed by atoms with Gasteiger partial charge in [-0.3, -0.25) is 19.2 Å². The third kappa shape index (κ3) is 11.2. The molecule has 4 atom stereocenters. The summed E-state index contributed by atoms with van der Waals surface area (Å²) in [4.78, 5) is 69.1. The number of ketones is 1. The van der Waals surface area contributed by atoms with Gasteiger partial charge in [0.05, 0.1) is 17.3 Å². The predicted octanol–water partition coefficient (Wildman–Crippen LogP) is 3.48. The van der Waals surface area contributed by atoms with E-state index >= 15 is 0 Å². The molecule has 270 valence electrons. The Morgan fingerprint density at radius 3 is 2.02 bits per heavy atom. The summed E-state index contributed by atoms with van der Waals surface area (Å²) in [6.07, 6.45) is 5.64. The van der Waals surface area contributed by atoms with E-state index in [1.807, 2.05) is 55.4 Å². The molecule has 1 aliphatic heterocycles. The molecule has 1 heterocycles. The molecule has 2 aliphatic rings. The average Bonchev–Trinajstić information content (AvgIpc) is 3.44. The minimum Gasteiger partial charge on any atom is -0.349 e.